The summed E-state index contributed by atoms with van der Waals surface area (Å²) in [7, 11) is 0. The second-order valence-electron chi connectivity index (χ2n) is 9.08. The van der Waals surface area contributed by atoms with Gasteiger partial charge in [-0.2, -0.15) is 0 Å². The highest BCUT2D eigenvalue weighted by Gasteiger charge is 2.35. The van der Waals surface area contributed by atoms with Crippen molar-refractivity contribution in [3.8, 4) is 0 Å². The summed E-state index contributed by atoms with van der Waals surface area (Å²) < 4.78 is 13.9. The van der Waals surface area contributed by atoms with Gasteiger partial charge >= 0.3 is 0 Å². The maximum Gasteiger partial charge on any atom is 0.142 e. The van der Waals surface area contributed by atoms with E-state index in [1.165, 1.54) is 69.8 Å². The van der Waals surface area contributed by atoms with Crippen molar-refractivity contribution in [2.75, 3.05) is 0 Å². The highest BCUT2D eigenvalue weighted by molar-refractivity contribution is 6.31. The van der Waals surface area contributed by atoms with E-state index in [4.69, 9.17) is 11.6 Å². The van der Waals surface area contributed by atoms with E-state index in [0.29, 0.717) is 5.92 Å². The van der Waals surface area contributed by atoms with Crippen LogP contribution in [0.3, 0.4) is 0 Å². The quantitative estimate of drug-likeness (QED) is 0.451. The molecule has 2 heteroatoms. The largest absolute Gasteiger partial charge is 0.205 e. The summed E-state index contributed by atoms with van der Waals surface area (Å²) in [5.41, 5.74) is 1.40. The van der Waals surface area contributed by atoms with Gasteiger partial charge in [0.05, 0.1) is 5.02 Å². The number of hydrogen-bond acceptors (Lipinski definition) is 0. The van der Waals surface area contributed by atoms with Gasteiger partial charge in [0.25, 0.3) is 0 Å². The van der Waals surface area contributed by atoms with Gasteiger partial charge in [0, 0.05) is 0 Å². The van der Waals surface area contributed by atoms with Crippen LogP contribution in [-0.2, 0) is 0 Å². The molecular formula is C25H32ClF. The molecule has 0 N–H and O–H groups in total. The molecule has 0 radical (unpaired) electrons. The Morgan fingerprint density at radius 1 is 0.926 bits per heavy atom. The van der Waals surface area contributed by atoms with Crippen LogP contribution in [-0.4, -0.2) is 0 Å². The number of halogens is 2. The highest BCUT2D eigenvalue weighted by atomic mass is 35.5. The maximum absolute atomic E-state index is 13.9. The molecule has 0 aliphatic heterocycles. The summed E-state index contributed by atoms with van der Waals surface area (Å²) >= 11 is 5.93. The van der Waals surface area contributed by atoms with Crippen LogP contribution in [0.2, 0.25) is 5.02 Å². The van der Waals surface area contributed by atoms with Gasteiger partial charge < -0.3 is 0 Å². The van der Waals surface area contributed by atoms with Gasteiger partial charge in [-0.25, -0.2) is 4.39 Å². The minimum absolute atomic E-state index is 0.214. The minimum atomic E-state index is -0.313. The van der Waals surface area contributed by atoms with Crippen molar-refractivity contribution >= 4 is 22.4 Å². The molecular weight excluding hydrogens is 355 g/mol. The number of fused-ring (bicyclic) bond motifs is 2. The Hall–Kier alpha value is -1.08. The number of unbranched alkanes of at least 4 members (excludes halogenated alkanes) is 2. The van der Waals surface area contributed by atoms with E-state index in [1.54, 1.807) is 12.1 Å². The first-order valence-electron chi connectivity index (χ1n) is 11.0. The van der Waals surface area contributed by atoms with Crippen LogP contribution in [0.5, 0.6) is 0 Å². The summed E-state index contributed by atoms with van der Waals surface area (Å²) in [5.74, 6) is 3.18. The average Bonchev–Trinajstić information content (AvgIpc) is 2.68. The van der Waals surface area contributed by atoms with E-state index in [0.717, 1.165) is 28.5 Å². The first kappa shape index (κ1) is 19.2. The predicted octanol–water partition coefficient (Wildman–Crippen LogP) is 8.51. The van der Waals surface area contributed by atoms with Crippen molar-refractivity contribution in [3.05, 3.63) is 46.7 Å². The van der Waals surface area contributed by atoms with Crippen molar-refractivity contribution in [2.45, 2.75) is 77.0 Å². The summed E-state index contributed by atoms with van der Waals surface area (Å²) in [6.07, 6.45) is 14.0. The monoisotopic (exact) mass is 386 g/mol. The Bertz CT molecular complexity index is 783. The van der Waals surface area contributed by atoms with E-state index in [9.17, 15) is 4.39 Å². The highest BCUT2D eigenvalue weighted by Crippen LogP contribution is 2.48. The standard InChI is InChI=1S/C25H32ClF/c1-2-3-4-5-17-6-7-19-13-20(9-8-18(19)12-17)21-10-11-22-15-24(26)25(27)16-23(22)14-21/h10-11,14-20H,2-9,12-13H2,1H3. The van der Waals surface area contributed by atoms with Crippen molar-refractivity contribution < 1.29 is 4.39 Å². The number of rotatable bonds is 5. The lowest BCUT2D eigenvalue weighted by Crippen LogP contribution is -2.30. The Morgan fingerprint density at radius 3 is 2.59 bits per heavy atom. The van der Waals surface area contributed by atoms with Gasteiger partial charge in [0.2, 0.25) is 0 Å². The molecule has 146 valence electrons. The number of benzene rings is 2. The summed E-state index contributed by atoms with van der Waals surface area (Å²) in [4.78, 5) is 0. The normalized spacial score (nSPS) is 28.3. The molecule has 2 fully saturated rings. The molecule has 0 heterocycles. The third-order valence-corrected chi connectivity index (χ3v) is 7.60. The van der Waals surface area contributed by atoms with Crippen molar-refractivity contribution in [3.63, 3.8) is 0 Å². The second-order valence-corrected chi connectivity index (χ2v) is 9.49. The topological polar surface area (TPSA) is 0 Å². The van der Waals surface area contributed by atoms with Crippen LogP contribution in [0.1, 0.15) is 82.6 Å². The fraction of sp³-hybridized carbons (Fsp3) is 0.600. The minimum Gasteiger partial charge on any atom is -0.205 e. The molecule has 2 aliphatic carbocycles. The molecule has 2 aliphatic rings. The lowest BCUT2D eigenvalue weighted by atomic mass is 9.63. The van der Waals surface area contributed by atoms with Crippen LogP contribution in [0, 0.1) is 23.6 Å². The summed E-state index contributed by atoms with van der Waals surface area (Å²) in [6.45, 7) is 2.30. The van der Waals surface area contributed by atoms with E-state index >= 15 is 0 Å². The van der Waals surface area contributed by atoms with Gasteiger partial charge in [0.15, 0.2) is 0 Å². The van der Waals surface area contributed by atoms with Crippen LogP contribution in [0.15, 0.2) is 30.3 Å². The molecule has 4 rings (SSSR count). The smallest absolute Gasteiger partial charge is 0.142 e. The third kappa shape index (κ3) is 4.34. The lowest BCUT2D eigenvalue weighted by molar-refractivity contribution is 0.113. The lowest BCUT2D eigenvalue weighted by Gasteiger charge is -2.42. The van der Waals surface area contributed by atoms with E-state index < -0.39 is 0 Å². The first-order chi connectivity index (χ1) is 13.1. The summed E-state index contributed by atoms with van der Waals surface area (Å²) in [6, 6.07) is 9.90. The Kier molecular flexibility index (Phi) is 6.07. The molecule has 4 atom stereocenters. The van der Waals surface area contributed by atoms with Crippen molar-refractivity contribution in [2.24, 2.45) is 17.8 Å². The van der Waals surface area contributed by atoms with Crippen LogP contribution < -0.4 is 0 Å². The molecule has 0 saturated heterocycles. The van der Waals surface area contributed by atoms with Crippen molar-refractivity contribution in [1.82, 2.24) is 0 Å². The molecule has 0 nitrogen and oxygen atoms in total. The van der Waals surface area contributed by atoms with Crippen LogP contribution >= 0.6 is 11.6 Å². The molecule has 0 bridgehead atoms. The third-order valence-electron chi connectivity index (χ3n) is 7.31. The molecule has 2 saturated carbocycles. The predicted molar refractivity (Wildman–Crippen MR) is 114 cm³/mol. The fourth-order valence-electron chi connectivity index (χ4n) is 5.75. The maximum atomic E-state index is 13.9. The molecule has 27 heavy (non-hydrogen) atoms. The summed E-state index contributed by atoms with van der Waals surface area (Å²) in [5, 5.41) is 2.23. The Balaban J connectivity index is 1.41. The van der Waals surface area contributed by atoms with Crippen LogP contribution in [0.25, 0.3) is 10.8 Å². The molecule has 0 amide bonds. The fourth-order valence-corrected chi connectivity index (χ4v) is 5.92. The van der Waals surface area contributed by atoms with E-state index in [1.807, 2.05) is 0 Å². The molecule has 2 aromatic carbocycles. The Morgan fingerprint density at radius 2 is 1.74 bits per heavy atom. The van der Waals surface area contributed by atoms with Gasteiger partial charge in [-0.1, -0.05) is 68.8 Å². The molecule has 2 aromatic rings. The number of hydrogen-bond donors (Lipinski definition) is 0. The molecule has 0 aromatic heterocycles. The van der Waals surface area contributed by atoms with Gasteiger partial charge in [-0.15, -0.1) is 0 Å². The SMILES string of the molecule is CCCCCC1CCC2CC(c3ccc4cc(Cl)c(F)cc4c3)CCC2C1. The Labute approximate surface area is 168 Å². The first-order valence-corrected chi connectivity index (χ1v) is 11.4. The van der Waals surface area contributed by atoms with Gasteiger partial charge in [-0.3, -0.25) is 0 Å². The zero-order chi connectivity index (χ0) is 18.8. The molecule has 4 unspecified atom stereocenters. The zero-order valence-corrected chi connectivity index (χ0v) is 17.3. The zero-order valence-electron chi connectivity index (χ0n) is 16.5. The van der Waals surface area contributed by atoms with E-state index in [-0.39, 0.29) is 10.8 Å². The van der Waals surface area contributed by atoms with Gasteiger partial charge in [0.1, 0.15) is 5.82 Å². The second kappa shape index (κ2) is 8.52. The van der Waals surface area contributed by atoms with E-state index in [2.05, 4.69) is 25.1 Å². The molecule has 0 spiro atoms. The average molecular weight is 387 g/mol. The van der Waals surface area contributed by atoms with Gasteiger partial charge in [-0.05, 0) is 84.2 Å². The van der Waals surface area contributed by atoms with Crippen molar-refractivity contribution in [1.29, 1.82) is 0 Å². The van der Waals surface area contributed by atoms with Crippen LogP contribution in [0.4, 0.5) is 4.39 Å².